The van der Waals surface area contributed by atoms with E-state index in [1.807, 2.05) is 0 Å². The average molecular weight is 1560 g/mol. The smallest absolute Gasteiger partial charge is 0.210 e. The van der Waals surface area contributed by atoms with E-state index >= 15 is 0 Å². The van der Waals surface area contributed by atoms with Gasteiger partial charge in [0.1, 0.15) is 72.0 Å². The minimum atomic E-state index is 0.901. The van der Waals surface area contributed by atoms with Crippen molar-refractivity contribution in [3.63, 3.8) is 0 Å². The van der Waals surface area contributed by atoms with E-state index < -0.39 is 0 Å². The quantitative estimate of drug-likeness (QED) is 0.0799. The molecule has 8 heteroatoms. The molecule has 20 rings (SSSR count). The lowest BCUT2D eigenvalue weighted by Gasteiger charge is -2.39. The van der Waals surface area contributed by atoms with Gasteiger partial charge in [-0.05, 0) is 264 Å². The Hall–Kier alpha value is -11.7. The van der Waals surface area contributed by atoms with Crippen molar-refractivity contribution in [3.8, 4) is 56.9 Å². The minimum absolute atomic E-state index is 0.901. The van der Waals surface area contributed by atoms with Crippen molar-refractivity contribution in [2.75, 3.05) is 62.2 Å². The summed E-state index contributed by atoms with van der Waals surface area (Å²) in [6.45, 7) is 36.9. The van der Waals surface area contributed by atoms with E-state index in [1.54, 1.807) is 0 Å². The molecule has 0 saturated carbocycles. The Morgan fingerprint density at radius 2 is 1.01 bits per heavy atom. The first-order chi connectivity index (χ1) is 57.8. The molecule has 11 aromatic rings. The topological polar surface area (TPSA) is 53.3 Å². The van der Waals surface area contributed by atoms with Gasteiger partial charge in [0.05, 0.1) is 11.6 Å². The summed E-state index contributed by atoms with van der Waals surface area (Å²) in [6, 6.07) is 79.1. The Morgan fingerprint density at radius 1 is 0.458 bits per heavy atom. The van der Waals surface area contributed by atoms with Crippen molar-refractivity contribution < 1.29 is 18.6 Å². The highest BCUT2D eigenvalue weighted by atomic mass is 16.5. The molecule has 0 atom stereocenters. The number of benzene rings is 12. The van der Waals surface area contributed by atoms with Gasteiger partial charge in [0.2, 0.25) is 10.7 Å². The third-order valence-electron chi connectivity index (χ3n) is 25.5. The first-order valence-electron chi connectivity index (χ1n) is 44.1. The molecule has 1 aliphatic carbocycles. The summed E-state index contributed by atoms with van der Waals surface area (Å²) in [5, 5.41) is 9.80. The summed E-state index contributed by atoms with van der Waals surface area (Å²) < 4.78 is 31.4. The van der Waals surface area contributed by atoms with Gasteiger partial charge in [-0.2, -0.15) is 0 Å². The average Bonchev–Trinajstić information content (AvgIpc) is 0.715. The van der Waals surface area contributed by atoms with Crippen LogP contribution in [0.1, 0.15) is 182 Å². The molecule has 11 aromatic carbocycles. The minimum Gasteiger partial charge on any atom is -0.456 e. The third-order valence-corrected chi connectivity index (χ3v) is 25.5. The summed E-state index contributed by atoms with van der Waals surface area (Å²) in [7, 11) is 0. The Morgan fingerprint density at radius 3 is 1.59 bits per heavy atom. The van der Waals surface area contributed by atoms with Gasteiger partial charge < -0.3 is 28.4 Å². The summed E-state index contributed by atoms with van der Waals surface area (Å²) in [4.78, 5) is 4.99. The van der Waals surface area contributed by atoms with Crippen LogP contribution in [0.4, 0.5) is 11.4 Å². The predicted molar refractivity (Wildman–Crippen MR) is 493 cm³/mol. The Kier molecular flexibility index (Phi) is 23.0. The molecule has 118 heavy (non-hydrogen) atoms. The van der Waals surface area contributed by atoms with E-state index in [-0.39, 0.29) is 0 Å². The lowest BCUT2D eigenvalue weighted by atomic mass is 9.83. The fraction of sp³-hybridized carbons (Fsp3) is 0.291. The van der Waals surface area contributed by atoms with Crippen LogP contribution in [0.2, 0.25) is 0 Å². The summed E-state index contributed by atoms with van der Waals surface area (Å²) in [5.74, 6) is 7.03. The molecule has 0 aromatic heterocycles. The molecular weight excluding hydrogens is 1440 g/mol. The maximum Gasteiger partial charge on any atom is 0.210 e. The number of hydrogen-bond acceptors (Lipinski definition) is 6. The second kappa shape index (κ2) is 34.4. The van der Waals surface area contributed by atoms with Crippen LogP contribution in [-0.4, -0.2) is 52.4 Å². The highest BCUT2D eigenvalue weighted by Crippen LogP contribution is 2.50. The van der Waals surface area contributed by atoms with Crippen LogP contribution in [0.5, 0.6) is 34.5 Å². The highest BCUT2D eigenvalue weighted by molar-refractivity contribution is 6.03. The van der Waals surface area contributed by atoms with Crippen molar-refractivity contribution in [2.45, 2.75) is 160 Å². The molecule has 0 saturated heterocycles. The fourth-order valence-electron chi connectivity index (χ4n) is 19.7. The number of hydrogen-bond donors (Lipinski definition) is 0. The normalized spacial score (nSPS) is 14.3. The lowest BCUT2D eigenvalue weighted by molar-refractivity contribution is 0.431. The molecule has 0 unspecified atom stereocenters. The lowest BCUT2D eigenvalue weighted by Crippen LogP contribution is -2.45. The van der Waals surface area contributed by atoms with Crippen LogP contribution >= 0.6 is 0 Å². The van der Waals surface area contributed by atoms with Gasteiger partial charge in [-0.1, -0.05) is 168 Å². The van der Waals surface area contributed by atoms with Gasteiger partial charge in [-0.15, -0.1) is 0 Å². The fourth-order valence-corrected chi connectivity index (χ4v) is 19.7. The molecule has 9 aliphatic rings. The number of anilines is 2. The van der Waals surface area contributed by atoms with Crippen molar-refractivity contribution in [1.82, 2.24) is 9.15 Å². The number of aryl methyl sites for hydroxylation is 8. The maximum atomic E-state index is 7.10. The Labute approximate surface area is 698 Å². The summed E-state index contributed by atoms with van der Waals surface area (Å²) >= 11 is 0. The molecule has 0 amide bonds. The van der Waals surface area contributed by atoms with Crippen LogP contribution in [0.3, 0.4) is 0 Å². The standard InChI is InChI=1S/C31H31N2O.C27H31N2O.C27H28O.C25H24O/c1-2-8-20(9-3-1)27-25-18-21-10-4-14-32-16-6-12-23(28(21)32)30(25)34-31-24-13-7-17-33-15-5-11-22(29(24)33)19-26(27)31;1-5-28(6-2)21-14-16-23-25(18-21)30-26-19-22(29(7-3)8-4)15-17-24(26)27(23)20-12-10-9-11-13-20;1-5-10-21-16-25-23(14-18(21)3)27(20-12-8-7-9-13-20)24-15-19(4)22(11-6-2)17-26(24)28-25;1-5-9-20-15-24-22(13-18(20)4)25(19-10-7-6-8-11-19)21-12-16(2)17(3)14-23(21)26-24/h1-3,8-9,18-19H,4-7,10-17H2;9-19H,5-8H2,1-4H3;7-10,12-17H,5-6,11H2,1-4H3;6-8,10-15H,3,5,9H2,1-2,4H3/q2*+1;;/b;;21-10-;. The molecule has 0 N–H and O–H groups in total. The predicted octanol–water partition coefficient (Wildman–Crippen LogP) is 20.8. The zero-order valence-electron chi connectivity index (χ0n) is 71.3. The van der Waals surface area contributed by atoms with E-state index in [4.69, 9.17) is 18.6 Å². The van der Waals surface area contributed by atoms with Gasteiger partial charge >= 0.3 is 0 Å². The number of rotatable bonds is 14. The maximum absolute atomic E-state index is 7.10. The zero-order valence-corrected chi connectivity index (χ0v) is 71.3. The van der Waals surface area contributed by atoms with Crippen LogP contribution in [-0.2, 0) is 38.5 Å². The molecule has 0 radical (unpaired) electrons. The molecule has 8 nitrogen and oxygen atoms in total. The second-order valence-corrected chi connectivity index (χ2v) is 33.1. The van der Waals surface area contributed by atoms with E-state index in [2.05, 4.69) is 326 Å². The molecule has 8 aliphatic heterocycles. The molecule has 0 fully saturated rings. The van der Waals surface area contributed by atoms with Gasteiger partial charge in [0.25, 0.3) is 0 Å². The summed E-state index contributed by atoms with van der Waals surface area (Å²) in [5.41, 5.74) is 32.5. The molecule has 0 bridgehead atoms. The van der Waals surface area contributed by atoms with Gasteiger partial charge in [-0.25, -0.2) is 9.15 Å². The molecular formula is C110H114N4O4+2. The molecule has 8 heterocycles. The Balaban J connectivity index is 0.000000113. The van der Waals surface area contributed by atoms with Gasteiger partial charge in [0.15, 0.2) is 0 Å². The van der Waals surface area contributed by atoms with Crippen molar-refractivity contribution in [1.29, 1.82) is 0 Å². The summed E-state index contributed by atoms with van der Waals surface area (Å²) in [6.07, 6.45) is 17.3. The van der Waals surface area contributed by atoms with E-state index in [1.165, 1.54) is 219 Å². The van der Waals surface area contributed by atoms with E-state index in [0.717, 1.165) is 138 Å². The van der Waals surface area contributed by atoms with Crippen molar-refractivity contribution >= 4 is 51.7 Å². The molecule has 0 spiro atoms. The van der Waals surface area contributed by atoms with Crippen LogP contribution < -0.4 is 70.0 Å². The largest absolute Gasteiger partial charge is 0.456 e. The molecule has 596 valence electrons. The van der Waals surface area contributed by atoms with Crippen LogP contribution in [0.15, 0.2) is 223 Å². The van der Waals surface area contributed by atoms with E-state index in [0.29, 0.717) is 0 Å². The first kappa shape index (κ1) is 78.8. The van der Waals surface area contributed by atoms with Gasteiger partial charge in [-0.3, -0.25) is 0 Å². The third kappa shape index (κ3) is 15.1. The monoisotopic (exact) mass is 1550 g/mol. The number of ether oxygens (including phenoxy) is 3. The Bertz CT molecular complexity index is 6460. The van der Waals surface area contributed by atoms with Crippen LogP contribution in [0.25, 0.3) is 62.8 Å². The van der Waals surface area contributed by atoms with E-state index in [9.17, 15) is 0 Å². The van der Waals surface area contributed by atoms with Crippen molar-refractivity contribution in [3.05, 3.63) is 344 Å². The first-order valence-corrected chi connectivity index (χ1v) is 44.1. The van der Waals surface area contributed by atoms with Gasteiger partial charge in [0, 0.05) is 139 Å². The number of fused-ring (bicyclic) bond motifs is 10. The second-order valence-electron chi connectivity index (χ2n) is 33.1. The van der Waals surface area contributed by atoms with Crippen LogP contribution in [0, 0.1) is 27.7 Å². The zero-order chi connectivity index (χ0) is 81.2. The number of nitrogens with zero attached hydrogens (tertiary/aromatic N) is 4. The highest BCUT2D eigenvalue weighted by Gasteiger charge is 2.36. The SMILES string of the molecule is C=c1cc2c(cc1C)=C(c1ccccc1)c1cc(C)c(CCC)cc1O2.CC/C=c1/cc2c(cc1C)=C(c1ccccc1)c1cc(C)c(CCC)cc1O2.CCN(CC)c1ccc2c(-c3ccccc3)c3ccc(=[N+](CC)CC)cc-3oc2c1.c1ccc(C2=c3cc4c5c(c3Oc3c2cc2c6c3CCCN6CCC2)CCC[N+]=5CCC4)cc1. The van der Waals surface area contributed by atoms with Crippen molar-refractivity contribution in [2.24, 2.45) is 0 Å².